The molecule has 1 N–H and O–H groups in total. The van der Waals surface area contributed by atoms with Crippen molar-refractivity contribution < 1.29 is 5.11 Å². The van der Waals surface area contributed by atoms with Crippen LogP contribution in [0.5, 0.6) is 0 Å². The van der Waals surface area contributed by atoms with E-state index < -0.39 is 6.10 Å². The number of hydrogen-bond donors (Lipinski definition) is 1. The van der Waals surface area contributed by atoms with Gasteiger partial charge in [0.2, 0.25) is 0 Å². The van der Waals surface area contributed by atoms with Gasteiger partial charge in [0.05, 0.1) is 0 Å². The first-order chi connectivity index (χ1) is 8.34. The second kappa shape index (κ2) is 4.63. The molecule has 1 aliphatic rings. The minimum atomic E-state index is -0.464. The van der Waals surface area contributed by atoms with Crippen LogP contribution in [0.4, 0.5) is 0 Å². The highest BCUT2D eigenvalue weighted by Crippen LogP contribution is 2.28. The van der Waals surface area contributed by atoms with Gasteiger partial charge in [-0.1, -0.05) is 18.2 Å². The average Bonchev–Trinajstić information content (AvgIpc) is 2.91. The Morgan fingerprint density at radius 1 is 1.00 bits per heavy atom. The van der Waals surface area contributed by atoms with Crippen molar-refractivity contribution in [1.29, 1.82) is 0 Å². The summed E-state index contributed by atoms with van der Waals surface area (Å²) in [6.45, 7) is 0. The third-order valence-electron chi connectivity index (χ3n) is 3.55. The summed E-state index contributed by atoms with van der Waals surface area (Å²) in [6.07, 6.45) is 4.49. The van der Waals surface area contributed by atoms with E-state index in [1.807, 2.05) is 16.8 Å². The highest BCUT2D eigenvalue weighted by Gasteiger charge is 2.14. The van der Waals surface area contributed by atoms with Crippen molar-refractivity contribution in [2.45, 2.75) is 31.8 Å². The molecule has 1 aromatic carbocycles. The Kier molecular flexibility index (Phi) is 3.00. The number of aliphatic hydroxyl groups is 1. The molecule has 1 aliphatic carbocycles. The maximum atomic E-state index is 10.3. The fourth-order valence-corrected chi connectivity index (χ4v) is 3.23. The summed E-state index contributed by atoms with van der Waals surface area (Å²) in [5.74, 6) is 0. The van der Waals surface area contributed by atoms with Gasteiger partial charge < -0.3 is 5.11 Å². The van der Waals surface area contributed by atoms with Crippen molar-refractivity contribution in [3.05, 3.63) is 57.3 Å². The first-order valence-electron chi connectivity index (χ1n) is 6.16. The van der Waals surface area contributed by atoms with Crippen LogP contribution in [0.1, 0.15) is 41.2 Å². The minimum Gasteiger partial charge on any atom is -0.384 e. The SMILES string of the molecule is OC(c1ccsc1)c1ccc2c(c1)CCCC2. The molecule has 0 spiro atoms. The topological polar surface area (TPSA) is 20.2 Å². The van der Waals surface area contributed by atoms with Crippen LogP contribution < -0.4 is 0 Å². The van der Waals surface area contributed by atoms with Crippen LogP contribution in [0.3, 0.4) is 0 Å². The number of aliphatic hydroxyl groups excluding tert-OH is 1. The first kappa shape index (κ1) is 11.0. The lowest BCUT2D eigenvalue weighted by molar-refractivity contribution is 0.220. The third-order valence-corrected chi connectivity index (χ3v) is 4.25. The zero-order chi connectivity index (χ0) is 11.7. The van der Waals surface area contributed by atoms with E-state index in [4.69, 9.17) is 0 Å². The molecular formula is C15H16OS. The number of thiophene rings is 1. The molecule has 88 valence electrons. The molecule has 3 rings (SSSR count). The predicted octanol–water partition coefficient (Wildman–Crippen LogP) is 3.71. The van der Waals surface area contributed by atoms with E-state index in [1.165, 1.54) is 36.8 Å². The highest BCUT2D eigenvalue weighted by atomic mass is 32.1. The second-order valence-electron chi connectivity index (χ2n) is 4.69. The van der Waals surface area contributed by atoms with Gasteiger partial charge in [-0.15, -0.1) is 0 Å². The van der Waals surface area contributed by atoms with Crippen molar-refractivity contribution in [3.8, 4) is 0 Å². The molecule has 17 heavy (non-hydrogen) atoms. The van der Waals surface area contributed by atoms with Crippen LogP contribution in [0.2, 0.25) is 0 Å². The largest absolute Gasteiger partial charge is 0.384 e. The maximum absolute atomic E-state index is 10.3. The molecule has 1 atom stereocenters. The van der Waals surface area contributed by atoms with E-state index in [9.17, 15) is 5.11 Å². The van der Waals surface area contributed by atoms with Gasteiger partial charge in [-0.05, 0) is 64.8 Å². The van der Waals surface area contributed by atoms with Gasteiger partial charge in [0.15, 0.2) is 0 Å². The van der Waals surface area contributed by atoms with Crippen LogP contribution in [-0.2, 0) is 12.8 Å². The Balaban J connectivity index is 1.93. The molecule has 0 fully saturated rings. The van der Waals surface area contributed by atoms with Gasteiger partial charge in [-0.2, -0.15) is 11.3 Å². The lowest BCUT2D eigenvalue weighted by atomic mass is 9.89. The van der Waals surface area contributed by atoms with Crippen LogP contribution in [0, 0.1) is 0 Å². The van der Waals surface area contributed by atoms with Crippen LogP contribution >= 0.6 is 11.3 Å². The smallest absolute Gasteiger partial charge is 0.105 e. The summed E-state index contributed by atoms with van der Waals surface area (Å²) < 4.78 is 0. The van der Waals surface area contributed by atoms with Gasteiger partial charge in [0, 0.05) is 0 Å². The lowest BCUT2D eigenvalue weighted by Crippen LogP contribution is -2.05. The standard InChI is InChI=1S/C15H16OS/c16-15(14-7-8-17-10-14)13-6-5-11-3-1-2-4-12(11)9-13/h5-10,15-16H,1-4H2. The molecule has 1 nitrogen and oxygen atoms in total. The summed E-state index contributed by atoms with van der Waals surface area (Å²) >= 11 is 1.63. The van der Waals surface area contributed by atoms with E-state index in [2.05, 4.69) is 18.2 Å². The minimum absolute atomic E-state index is 0.464. The first-order valence-corrected chi connectivity index (χ1v) is 7.11. The van der Waals surface area contributed by atoms with E-state index in [0.29, 0.717) is 0 Å². The molecule has 1 aromatic heterocycles. The Bertz CT molecular complexity index is 502. The van der Waals surface area contributed by atoms with Crippen LogP contribution in [0.25, 0.3) is 0 Å². The molecule has 0 saturated heterocycles. The number of aryl methyl sites for hydroxylation is 2. The Labute approximate surface area is 106 Å². The fourth-order valence-electron chi connectivity index (χ4n) is 2.55. The summed E-state index contributed by atoms with van der Waals surface area (Å²) in [7, 11) is 0. The Morgan fingerprint density at radius 2 is 1.82 bits per heavy atom. The van der Waals surface area contributed by atoms with Gasteiger partial charge >= 0.3 is 0 Å². The molecule has 2 aromatic rings. The van der Waals surface area contributed by atoms with Crippen molar-refractivity contribution in [1.82, 2.24) is 0 Å². The molecule has 1 unspecified atom stereocenters. The molecule has 0 bridgehead atoms. The van der Waals surface area contributed by atoms with Gasteiger partial charge in [-0.25, -0.2) is 0 Å². The quantitative estimate of drug-likeness (QED) is 0.854. The second-order valence-corrected chi connectivity index (χ2v) is 5.47. The number of rotatable bonds is 2. The van der Waals surface area contributed by atoms with E-state index in [-0.39, 0.29) is 0 Å². The average molecular weight is 244 g/mol. The lowest BCUT2D eigenvalue weighted by Gasteiger charge is -2.18. The number of benzene rings is 1. The summed E-state index contributed by atoms with van der Waals surface area (Å²) in [6, 6.07) is 8.46. The van der Waals surface area contributed by atoms with Crippen LogP contribution in [0.15, 0.2) is 35.0 Å². The fraction of sp³-hybridized carbons (Fsp3) is 0.333. The Hall–Kier alpha value is -1.12. The van der Waals surface area contributed by atoms with Crippen molar-refractivity contribution in [2.75, 3.05) is 0 Å². The van der Waals surface area contributed by atoms with Crippen molar-refractivity contribution in [3.63, 3.8) is 0 Å². The zero-order valence-corrected chi connectivity index (χ0v) is 10.5. The van der Waals surface area contributed by atoms with Gasteiger partial charge in [0.1, 0.15) is 6.10 Å². The van der Waals surface area contributed by atoms with Gasteiger partial charge in [-0.3, -0.25) is 0 Å². The zero-order valence-electron chi connectivity index (χ0n) is 9.73. The predicted molar refractivity (Wildman–Crippen MR) is 71.5 cm³/mol. The van der Waals surface area contributed by atoms with E-state index in [1.54, 1.807) is 11.3 Å². The molecule has 0 saturated carbocycles. The van der Waals surface area contributed by atoms with E-state index in [0.717, 1.165) is 11.1 Å². The highest BCUT2D eigenvalue weighted by molar-refractivity contribution is 7.07. The van der Waals surface area contributed by atoms with Gasteiger partial charge in [0.25, 0.3) is 0 Å². The summed E-state index contributed by atoms with van der Waals surface area (Å²) in [4.78, 5) is 0. The number of hydrogen-bond acceptors (Lipinski definition) is 2. The molecule has 1 heterocycles. The molecule has 2 heteroatoms. The number of fused-ring (bicyclic) bond motifs is 1. The van der Waals surface area contributed by atoms with Crippen molar-refractivity contribution >= 4 is 11.3 Å². The normalized spacial score (nSPS) is 16.5. The Morgan fingerprint density at radius 3 is 2.59 bits per heavy atom. The third kappa shape index (κ3) is 2.15. The molecule has 0 radical (unpaired) electrons. The molecular weight excluding hydrogens is 228 g/mol. The molecule has 0 amide bonds. The van der Waals surface area contributed by atoms with E-state index >= 15 is 0 Å². The summed E-state index contributed by atoms with van der Waals surface area (Å²) in [5, 5.41) is 14.3. The maximum Gasteiger partial charge on any atom is 0.105 e. The summed E-state index contributed by atoms with van der Waals surface area (Å²) in [5.41, 5.74) is 4.94. The van der Waals surface area contributed by atoms with Crippen molar-refractivity contribution in [2.24, 2.45) is 0 Å². The van der Waals surface area contributed by atoms with Crippen LogP contribution in [-0.4, -0.2) is 5.11 Å². The monoisotopic (exact) mass is 244 g/mol. The molecule has 0 aliphatic heterocycles.